The number of rotatable bonds is 7. The number of likely N-dealkylation sites (tertiary alicyclic amines) is 1. The molecule has 0 spiro atoms. The molecule has 170 valence electrons. The van der Waals surface area contributed by atoms with Crippen LogP contribution in [-0.4, -0.2) is 46.9 Å². The standard InChI is InChI=1S/C25H32N4O3/c1-15-10-21(15)25(31)29-9-8-19(14-29)24-27-16(2)22(17(3)28-24)12-23(30)26-13-18-6-5-7-20(11-18)32-4/h5-7,11,15,19,21H,8-10,12-14H2,1-4H3,(H,26,30)/t15-,19+,21+/m0/s1. The molecule has 4 rings (SSSR count). The molecule has 1 N–H and O–H groups in total. The van der Waals surface area contributed by atoms with Gasteiger partial charge in [0.2, 0.25) is 11.8 Å². The summed E-state index contributed by atoms with van der Waals surface area (Å²) in [7, 11) is 1.63. The largest absolute Gasteiger partial charge is 0.497 e. The number of amides is 2. The number of nitrogens with zero attached hydrogens (tertiary/aromatic N) is 3. The average Bonchev–Trinajstić information content (AvgIpc) is 3.31. The minimum Gasteiger partial charge on any atom is -0.497 e. The molecule has 1 aliphatic carbocycles. The van der Waals surface area contributed by atoms with Gasteiger partial charge >= 0.3 is 0 Å². The zero-order valence-electron chi connectivity index (χ0n) is 19.4. The number of hydrogen-bond donors (Lipinski definition) is 1. The van der Waals surface area contributed by atoms with Gasteiger partial charge in [-0.1, -0.05) is 19.1 Å². The van der Waals surface area contributed by atoms with Gasteiger partial charge in [-0.2, -0.15) is 0 Å². The summed E-state index contributed by atoms with van der Waals surface area (Å²) in [5.41, 5.74) is 3.53. The van der Waals surface area contributed by atoms with Crippen molar-refractivity contribution in [3.8, 4) is 5.75 Å². The lowest BCUT2D eigenvalue weighted by molar-refractivity contribution is -0.131. The first-order chi connectivity index (χ1) is 15.4. The molecule has 1 saturated heterocycles. The van der Waals surface area contributed by atoms with Gasteiger partial charge in [0, 0.05) is 48.4 Å². The van der Waals surface area contributed by atoms with Crippen molar-refractivity contribution in [3.63, 3.8) is 0 Å². The fourth-order valence-corrected chi connectivity index (χ4v) is 4.48. The molecule has 2 heterocycles. The molecule has 2 amide bonds. The number of aromatic nitrogens is 2. The van der Waals surface area contributed by atoms with Gasteiger partial charge in [-0.3, -0.25) is 9.59 Å². The maximum atomic E-state index is 12.6. The molecule has 2 aliphatic rings. The highest BCUT2D eigenvalue weighted by Crippen LogP contribution is 2.40. The lowest BCUT2D eigenvalue weighted by Crippen LogP contribution is -2.30. The zero-order chi connectivity index (χ0) is 22.8. The number of aryl methyl sites for hydroxylation is 2. The molecule has 2 fully saturated rings. The Morgan fingerprint density at radius 3 is 2.59 bits per heavy atom. The topological polar surface area (TPSA) is 84.4 Å². The van der Waals surface area contributed by atoms with Crippen LogP contribution in [0.25, 0.3) is 0 Å². The third kappa shape index (κ3) is 4.92. The van der Waals surface area contributed by atoms with E-state index in [-0.39, 0.29) is 30.1 Å². The van der Waals surface area contributed by atoms with Crippen LogP contribution >= 0.6 is 0 Å². The van der Waals surface area contributed by atoms with E-state index in [1.165, 1.54) is 0 Å². The second-order valence-corrected chi connectivity index (χ2v) is 9.13. The van der Waals surface area contributed by atoms with Crippen molar-refractivity contribution in [1.82, 2.24) is 20.2 Å². The number of benzene rings is 1. The van der Waals surface area contributed by atoms with E-state index in [2.05, 4.69) is 12.2 Å². The van der Waals surface area contributed by atoms with Crippen LogP contribution in [0, 0.1) is 25.7 Å². The smallest absolute Gasteiger partial charge is 0.225 e. The fraction of sp³-hybridized carbons (Fsp3) is 0.520. The van der Waals surface area contributed by atoms with Gasteiger partial charge < -0.3 is 15.0 Å². The Morgan fingerprint density at radius 1 is 1.22 bits per heavy atom. The molecule has 7 nitrogen and oxygen atoms in total. The lowest BCUT2D eigenvalue weighted by Gasteiger charge is -2.17. The van der Waals surface area contributed by atoms with Gasteiger partial charge in [-0.15, -0.1) is 0 Å². The van der Waals surface area contributed by atoms with E-state index >= 15 is 0 Å². The zero-order valence-corrected chi connectivity index (χ0v) is 19.4. The number of methoxy groups -OCH3 is 1. The van der Waals surface area contributed by atoms with Crippen molar-refractivity contribution >= 4 is 11.8 Å². The van der Waals surface area contributed by atoms with Crippen molar-refractivity contribution in [1.29, 1.82) is 0 Å². The average molecular weight is 437 g/mol. The van der Waals surface area contributed by atoms with Crippen molar-refractivity contribution < 1.29 is 14.3 Å². The Hall–Kier alpha value is -2.96. The summed E-state index contributed by atoms with van der Waals surface area (Å²) in [6.07, 6.45) is 2.16. The van der Waals surface area contributed by atoms with Crippen molar-refractivity contribution in [2.24, 2.45) is 11.8 Å². The molecule has 1 aromatic heterocycles. The number of carbonyl (C=O) groups is 2. The van der Waals surface area contributed by atoms with Gasteiger partial charge in [-0.25, -0.2) is 9.97 Å². The molecule has 0 radical (unpaired) electrons. The van der Waals surface area contributed by atoms with Crippen LogP contribution in [0.2, 0.25) is 0 Å². The summed E-state index contributed by atoms with van der Waals surface area (Å²) in [4.78, 5) is 36.5. The lowest BCUT2D eigenvalue weighted by atomic mass is 10.0. The molecule has 2 aromatic rings. The molecule has 0 bridgehead atoms. The Kier molecular flexibility index (Phi) is 6.44. The van der Waals surface area contributed by atoms with Crippen LogP contribution in [-0.2, 0) is 22.6 Å². The second kappa shape index (κ2) is 9.27. The first kappa shape index (κ1) is 22.2. The number of ether oxygens (including phenoxy) is 1. The Balaban J connectivity index is 1.36. The quantitative estimate of drug-likeness (QED) is 0.721. The van der Waals surface area contributed by atoms with Crippen LogP contribution in [0.1, 0.15) is 54.0 Å². The molecule has 0 unspecified atom stereocenters. The van der Waals surface area contributed by atoms with E-state index in [0.717, 1.165) is 53.5 Å². The SMILES string of the molecule is COc1cccc(CNC(=O)Cc2c(C)nc([C@@H]3CCN(C(=O)[C@@H]4C[C@@H]4C)C3)nc2C)c1. The third-order valence-electron chi connectivity index (χ3n) is 6.69. The summed E-state index contributed by atoms with van der Waals surface area (Å²) in [6.45, 7) is 7.93. The predicted molar refractivity (Wildman–Crippen MR) is 121 cm³/mol. The highest BCUT2D eigenvalue weighted by Gasteiger charge is 2.43. The Bertz CT molecular complexity index is 999. The van der Waals surface area contributed by atoms with Gasteiger partial charge in [0.1, 0.15) is 11.6 Å². The highest BCUT2D eigenvalue weighted by atomic mass is 16.5. The number of hydrogen-bond acceptors (Lipinski definition) is 5. The van der Waals surface area contributed by atoms with Gasteiger partial charge in [0.05, 0.1) is 13.5 Å². The predicted octanol–water partition coefficient (Wildman–Crippen LogP) is 2.93. The number of carbonyl (C=O) groups excluding carboxylic acids is 2. The Morgan fingerprint density at radius 2 is 1.94 bits per heavy atom. The van der Waals surface area contributed by atoms with Gasteiger partial charge in [-0.05, 0) is 50.3 Å². The fourth-order valence-electron chi connectivity index (χ4n) is 4.48. The van der Waals surface area contributed by atoms with E-state index in [0.29, 0.717) is 19.0 Å². The van der Waals surface area contributed by atoms with E-state index in [9.17, 15) is 9.59 Å². The summed E-state index contributed by atoms with van der Waals surface area (Å²) in [5, 5.41) is 2.97. The third-order valence-corrected chi connectivity index (χ3v) is 6.69. The first-order valence-electron chi connectivity index (χ1n) is 11.4. The van der Waals surface area contributed by atoms with Crippen molar-refractivity contribution in [3.05, 3.63) is 52.6 Å². The molecule has 3 atom stereocenters. The van der Waals surface area contributed by atoms with E-state index < -0.39 is 0 Å². The highest BCUT2D eigenvalue weighted by molar-refractivity contribution is 5.82. The normalized spacial score (nSPS) is 22.0. The molecule has 1 aliphatic heterocycles. The minimum atomic E-state index is -0.0634. The maximum Gasteiger partial charge on any atom is 0.225 e. The van der Waals surface area contributed by atoms with Gasteiger partial charge in [0.25, 0.3) is 0 Å². The van der Waals surface area contributed by atoms with Crippen LogP contribution in [0.4, 0.5) is 0 Å². The van der Waals surface area contributed by atoms with Crippen LogP contribution < -0.4 is 10.1 Å². The summed E-state index contributed by atoms with van der Waals surface area (Å²) >= 11 is 0. The van der Waals surface area contributed by atoms with Gasteiger partial charge in [0.15, 0.2) is 0 Å². The van der Waals surface area contributed by atoms with Crippen molar-refractivity contribution in [2.75, 3.05) is 20.2 Å². The molecule has 7 heteroatoms. The molecule has 1 saturated carbocycles. The number of nitrogens with one attached hydrogen (secondary N) is 1. The Labute approximate surface area is 189 Å². The summed E-state index contributed by atoms with van der Waals surface area (Å²) in [6, 6.07) is 7.65. The minimum absolute atomic E-state index is 0.0634. The first-order valence-corrected chi connectivity index (χ1v) is 11.4. The van der Waals surface area contributed by atoms with Crippen LogP contribution in [0.3, 0.4) is 0 Å². The molecule has 32 heavy (non-hydrogen) atoms. The van der Waals surface area contributed by atoms with E-state index in [1.54, 1.807) is 7.11 Å². The summed E-state index contributed by atoms with van der Waals surface area (Å²) in [5.74, 6) is 2.70. The maximum absolute atomic E-state index is 12.6. The summed E-state index contributed by atoms with van der Waals surface area (Å²) < 4.78 is 5.23. The molecule has 1 aromatic carbocycles. The second-order valence-electron chi connectivity index (χ2n) is 9.13. The van der Waals surface area contributed by atoms with E-state index in [4.69, 9.17) is 14.7 Å². The van der Waals surface area contributed by atoms with Crippen LogP contribution in [0.5, 0.6) is 5.75 Å². The molecular formula is C25H32N4O3. The van der Waals surface area contributed by atoms with Crippen LogP contribution in [0.15, 0.2) is 24.3 Å². The molecular weight excluding hydrogens is 404 g/mol. The van der Waals surface area contributed by atoms with E-state index in [1.807, 2.05) is 43.0 Å². The monoisotopic (exact) mass is 436 g/mol. The van der Waals surface area contributed by atoms with Crippen molar-refractivity contribution in [2.45, 2.75) is 52.5 Å².